The highest BCUT2D eigenvalue weighted by molar-refractivity contribution is 14.0. The summed E-state index contributed by atoms with van der Waals surface area (Å²) in [4.78, 5) is 16.2. The minimum Gasteiger partial charge on any atom is -0.370 e. The minimum atomic E-state index is -0.341. The number of guanidine groups is 1. The Morgan fingerprint density at radius 3 is 2.75 bits per heavy atom. The summed E-state index contributed by atoms with van der Waals surface area (Å²) in [5, 5.41) is 5.95. The van der Waals surface area contributed by atoms with Gasteiger partial charge < -0.3 is 16.4 Å². The number of hydrogen-bond donors (Lipinski definition) is 3. The molecule has 150 valence electrons. The number of carbonyl (C=O) groups is 1. The number of rotatable bonds is 6. The molecular formula is C21H26FIN4O. The minimum absolute atomic E-state index is 0. The monoisotopic (exact) mass is 496 g/mol. The lowest BCUT2D eigenvalue weighted by atomic mass is 9.90. The van der Waals surface area contributed by atoms with Crippen LogP contribution in [0.5, 0.6) is 0 Å². The van der Waals surface area contributed by atoms with E-state index in [2.05, 4.69) is 21.7 Å². The molecule has 2 aromatic rings. The van der Waals surface area contributed by atoms with Crippen molar-refractivity contribution in [2.45, 2.75) is 32.1 Å². The average molecular weight is 496 g/mol. The van der Waals surface area contributed by atoms with Gasteiger partial charge in [0, 0.05) is 12.2 Å². The van der Waals surface area contributed by atoms with Crippen LogP contribution in [0.2, 0.25) is 0 Å². The van der Waals surface area contributed by atoms with E-state index in [0.29, 0.717) is 24.6 Å². The number of aryl methyl sites for hydroxylation is 1. The number of benzene rings is 2. The number of anilines is 1. The lowest BCUT2D eigenvalue weighted by Crippen LogP contribution is -2.29. The zero-order valence-corrected chi connectivity index (χ0v) is 18.0. The summed E-state index contributed by atoms with van der Waals surface area (Å²) in [5.74, 6) is -0.167. The van der Waals surface area contributed by atoms with Crippen LogP contribution < -0.4 is 16.4 Å². The summed E-state index contributed by atoms with van der Waals surface area (Å²) >= 11 is 0. The first-order valence-corrected chi connectivity index (χ1v) is 9.30. The van der Waals surface area contributed by atoms with Crippen LogP contribution in [0.3, 0.4) is 0 Å². The lowest BCUT2D eigenvalue weighted by molar-refractivity contribution is -0.120. The maximum atomic E-state index is 13.1. The third-order valence-electron chi connectivity index (χ3n) is 4.63. The van der Waals surface area contributed by atoms with Gasteiger partial charge in [0.1, 0.15) is 5.82 Å². The number of halogens is 2. The first kappa shape index (κ1) is 22.1. The van der Waals surface area contributed by atoms with Crippen molar-refractivity contribution < 1.29 is 9.18 Å². The van der Waals surface area contributed by atoms with E-state index in [0.717, 1.165) is 18.5 Å². The van der Waals surface area contributed by atoms with Crippen molar-refractivity contribution in [1.82, 2.24) is 5.32 Å². The Labute approximate surface area is 182 Å². The van der Waals surface area contributed by atoms with Crippen LogP contribution in [0.4, 0.5) is 10.1 Å². The van der Waals surface area contributed by atoms with Gasteiger partial charge in [0.05, 0.1) is 13.0 Å². The smallest absolute Gasteiger partial charge is 0.224 e. The van der Waals surface area contributed by atoms with E-state index in [-0.39, 0.29) is 42.1 Å². The van der Waals surface area contributed by atoms with Gasteiger partial charge in [-0.25, -0.2) is 4.39 Å². The van der Waals surface area contributed by atoms with E-state index < -0.39 is 0 Å². The van der Waals surface area contributed by atoms with E-state index in [1.807, 2.05) is 12.1 Å². The Bertz CT molecular complexity index is 841. The third kappa shape index (κ3) is 6.47. The zero-order chi connectivity index (χ0) is 19.1. The number of fused-ring (bicyclic) bond motifs is 1. The summed E-state index contributed by atoms with van der Waals surface area (Å²) in [5.41, 5.74) is 10.3. The highest BCUT2D eigenvalue weighted by Gasteiger charge is 2.13. The van der Waals surface area contributed by atoms with Gasteiger partial charge in [0.2, 0.25) is 5.91 Å². The summed E-state index contributed by atoms with van der Waals surface area (Å²) in [7, 11) is 0. The fourth-order valence-electron chi connectivity index (χ4n) is 3.34. The van der Waals surface area contributed by atoms with Crippen molar-refractivity contribution in [3.8, 4) is 0 Å². The molecule has 0 fully saturated rings. The Morgan fingerprint density at radius 1 is 1.14 bits per heavy atom. The molecule has 1 aliphatic carbocycles. The van der Waals surface area contributed by atoms with Crippen molar-refractivity contribution in [3.63, 3.8) is 0 Å². The molecule has 1 aliphatic rings. The number of carbonyl (C=O) groups excluding carboxylic acids is 1. The number of nitrogens with two attached hydrogens (primary N) is 1. The van der Waals surface area contributed by atoms with Crippen LogP contribution in [0, 0.1) is 5.82 Å². The molecule has 3 rings (SSSR count). The highest BCUT2D eigenvalue weighted by atomic mass is 127. The van der Waals surface area contributed by atoms with Crippen molar-refractivity contribution >= 4 is 41.5 Å². The van der Waals surface area contributed by atoms with Crippen molar-refractivity contribution in [2.75, 3.05) is 18.4 Å². The van der Waals surface area contributed by atoms with Crippen molar-refractivity contribution in [2.24, 2.45) is 10.7 Å². The molecule has 0 radical (unpaired) electrons. The van der Waals surface area contributed by atoms with E-state index in [1.165, 1.54) is 36.1 Å². The van der Waals surface area contributed by atoms with Gasteiger partial charge in [-0.3, -0.25) is 9.79 Å². The molecule has 0 spiro atoms. The van der Waals surface area contributed by atoms with Gasteiger partial charge in [0.25, 0.3) is 0 Å². The second kappa shape index (κ2) is 11.0. The molecule has 1 amide bonds. The van der Waals surface area contributed by atoms with Crippen LogP contribution in [-0.2, 0) is 24.1 Å². The van der Waals surface area contributed by atoms with Gasteiger partial charge in [-0.15, -0.1) is 24.0 Å². The SMILES string of the molecule is I.NC(=NCCNC(=O)Cc1cccc(F)c1)Nc1cccc2c1CCCC2. The van der Waals surface area contributed by atoms with Crippen LogP contribution in [0.1, 0.15) is 29.5 Å². The second-order valence-electron chi connectivity index (χ2n) is 6.70. The average Bonchev–Trinajstić information content (AvgIpc) is 2.66. The van der Waals surface area contributed by atoms with Gasteiger partial charge in [-0.1, -0.05) is 24.3 Å². The molecule has 0 saturated heterocycles. The molecule has 5 nitrogen and oxygen atoms in total. The van der Waals surface area contributed by atoms with Crippen LogP contribution in [0.15, 0.2) is 47.5 Å². The number of aliphatic imine (C=N–C) groups is 1. The van der Waals surface area contributed by atoms with Crippen LogP contribution in [-0.4, -0.2) is 25.0 Å². The van der Waals surface area contributed by atoms with Gasteiger partial charge >= 0.3 is 0 Å². The molecule has 0 saturated carbocycles. The first-order chi connectivity index (χ1) is 13.1. The zero-order valence-electron chi connectivity index (χ0n) is 15.7. The Kier molecular flexibility index (Phi) is 8.69. The largest absolute Gasteiger partial charge is 0.370 e. The molecular weight excluding hydrogens is 470 g/mol. The van der Waals surface area contributed by atoms with E-state index >= 15 is 0 Å². The van der Waals surface area contributed by atoms with Gasteiger partial charge in [-0.05, 0) is 60.6 Å². The Balaban J connectivity index is 0.00000280. The number of amides is 1. The normalized spacial score (nSPS) is 13.2. The molecule has 0 aromatic heterocycles. The number of hydrogen-bond acceptors (Lipinski definition) is 2. The standard InChI is InChI=1S/C21H25FN4O.HI/c22-17-8-3-5-15(13-17)14-20(27)24-11-12-25-21(23)26-19-10-4-7-16-6-1-2-9-18(16)19;/h3-5,7-8,10,13H,1-2,6,9,11-12,14H2,(H,24,27)(H3,23,25,26);1H. The predicted molar refractivity (Wildman–Crippen MR) is 122 cm³/mol. The molecule has 7 heteroatoms. The van der Waals surface area contributed by atoms with E-state index in [1.54, 1.807) is 12.1 Å². The number of nitrogens with zero attached hydrogens (tertiary/aromatic N) is 1. The maximum Gasteiger partial charge on any atom is 0.224 e. The van der Waals surface area contributed by atoms with Crippen LogP contribution >= 0.6 is 24.0 Å². The first-order valence-electron chi connectivity index (χ1n) is 9.30. The van der Waals surface area contributed by atoms with Crippen LogP contribution in [0.25, 0.3) is 0 Å². The van der Waals surface area contributed by atoms with Gasteiger partial charge in [0.15, 0.2) is 5.96 Å². The lowest BCUT2D eigenvalue weighted by Gasteiger charge is -2.19. The highest BCUT2D eigenvalue weighted by Crippen LogP contribution is 2.27. The summed E-state index contributed by atoms with van der Waals surface area (Å²) in [6.07, 6.45) is 4.74. The van der Waals surface area contributed by atoms with E-state index in [4.69, 9.17) is 5.73 Å². The topological polar surface area (TPSA) is 79.5 Å². The summed E-state index contributed by atoms with van der Waals surface area (Å²) in [6.45, 7) is 0.756. The van der Waals surface area contributed by atoms with E-state index in [9.17, 15) is 9.18 Å². The van der Waals surface area contributed by atoms with Crippen molar-refractivity contribution in [3.05, 3.63) is 65.0 Å². The Hall–Kier alpha value is -2.16. The van der Waals surface area contributed by atoms with Gasteiger partial charge in [-0.2, -0.15) is 0 Å². The fourth-order valence-corrected chi connectivity index (χ4v) is 3.34. The molecule has 0 bridgehead atoms. The predicted octanol–water partition coefficient (Wildman–Crippen LogP) is 3.41. The molecule has 0 unspecified atom stereocenters. The quantitative estimate of drug-likeness (QED) is 0.248. The maximum absolute atomic E-state index is 13.1. The summed E-state index contributed by atoms with van der Waals surface area (Å²) in [6, 6.07) is 12.3. The Morgan fingerprint density at radius 2 is 1.93 bits per heavy atom. The molecule has 28 heavy (non-hydrogen) atoms. The molecule has 0 atom stereocenters. The third-order valence-corrected chi connectivity index (χ3v) is 4.63. The molecule has 0 heterocycles. The molecule has 0 aliphatic heterocycles. The summed E-state index contributed by atoms with van der Waals surface area (Å²) < 4.78 is 13.1. The molecule has 4 N–H and O–H groups in total. The molecule has 2 aromatic carbocycles. The second-order valence-corrected chi connectivity index (χ2v) is 6.70. The number of nitrogens with one attached hydrogen (secondary N) is 2. The van der Waals surface area contributed by atoms with Crippen molar-refractivity contribution in [1.29, 1.82) is 0 Å². The fraction of sp³-hybridized carbons (Fsp3) is 0.333.